The molecule has 0 saturated carbocycles. The molecule has 0 radical (unpaired) electrons. The molecule has 1 aliphatic heterocycles. The summed E-state index contributed by atoms with van der Waals surface area (Å²) < 4.78 is 4.77. The van der Waals surface area contributed by atoms with Gasteiger partial charge in [-0.2, -0.15) is 0 Å². The van der Waals surface area contributed by atoms with Gasteiger partial charge >= 0.3 is 5.97 Å². The summed E-state index contributed by atoms with van der Waals surface area (Å²) in [7, 11) is 3.24. The molecule has 1 aliphatic rings. The lowest BCUT2D eigenvalue weighted by Gasteiger charge is -2.37. The van der Waals surface area contributed by atoms with Gasteiger partial charge in [0, 0.05) is 12.6 Å². The Morgan fingerprint density at radius 1 is 1.56 bits per heavy atom. The van der Waals surface area contributed by atoms with E-state index in [9.17, 15) is 4.79 Å². The van der Waals surface area contributed by atoms with Gasteiger partial charge < -0.3 is 10.1 Å². The Morgan fingerprint density at radius 3 is 2.75 bits per heavy atom. The maximum Gasteiger partial charge on any atom is 0.324 e. The summed E-state index contributed by atoms with van der Waals surface area (Å²) in [4.78, 5) is 13.8. The number of ether oxygens (including phenoxy) is 1. The van der Waals surface area contributed by atoms with E-state index >= 15 is 0 Å². The monoisotopic (exact) mass is 228 g/mol. The van der Waals surface area contributed by atoms with Gasteiger partial charge in [-0.1, -0.05) is 6.92 Å². The van der Waals surface area contributed by atoms with Crippen LogP contribution in [0, 0.1) is 5.92 Å². The molecule has 16 heavy (non-hydrogen) atoms. The van der Waals surface area contributed by atoms with Crippen molar-refractivity contribution in [3.05, 3.63) is 0 Å². The van der Waals surface area contributed by atoms with Gasteiger partial charge in [0.1, 0.15) is 6.04 Å². The van der Waals surface area contributed by atoms with Crippen LogP contribution in [0.25, 0.3) is 0 Å². The number of hydrogen-bond acceptors (Lipinski definition) is 4. The number of likely N-dealkylation sites (tertiary alicyclic amines) is 1. The molecule has 4 heteroatoms. The Bertz CT molecular complexity index is 233. The Hall–Kier alpha value is -0.610. The summed E-state index contributed by atoms with van der Waals surface area (Å²) in [5.41, 5.74) is 0. The molecule has 0 aromatic heterocycles. The maximum absolute atomic E-state index is 11.5. The summed E-state index contributed by atoms with van der Waals surface area (Å²) in [5.74, 6) is 0.630. The van der Waals surface area contributed by atoms with Gasteiger partial charge in [0.2, 0.25) is 0 Å². The van der Waals surface area contributed by atoms with Crippen molar-refractivity contribution >= 4 is 5.97 Å². The first-order valence-corrected chi connectivity index (χ1v) is 6.07. The highest BCUT2D eigenvalue weighted by Crippen LogP contribution is 2.22. The fraction of sp³-hybridized carbons (Fsp3) is 0.917. The number of methoxy groups -OCH3 is 1. The van der Waals surface area contributed by atoms with E-state index in [1.807, 2.05) is 0 Å². The smallest absolute Gasteiger partial charge is 0.324 e. The summed E-state index contributed by atoms with van der Waals surface area (Å²) in [5, 5.41) is 3.02. The minimum atomic E-state index is -0.208. The number of nitrogens with one attached hydrogen (secondary N) is 1. The van der Waals surface area contributed by atoms with Crippen LogP contribution in [-0.4, -0.2) is 50.2 Å². The lowest BCUT2D eigenvalue weighted by molar-refractivity contribution is -0.143. The summed E-state index contributed by atoms with van der Waals surface area (Å²) in [6.45, 7) is 6.36. The van der Waals surface area contributed by atoms with Crippen molar-refractivity contribution in [1.29, 1.82) is 0 Å². The van der Waals surface area contributed by atoms with Gasteiger partial charge in [-0.15, -0.1) is 0 Å². The zero-order valence-electron chi connectivity index (χ0n) is 10.8. The number of esters is 1. The molecule has 1 fully saturated rings. The van der Waals surface area contributed by atoms with Crippen molar-refractivity contribution < 1.29 is 9.53 Å². The molecular weight excluding hydrogens is 204 g/mol. The third-order valence-electron chi connectivity index (χ3n) is 3.53. The van der Waals surface area contributed by atoms with Crippen LogP contribution in [0.3, 0.4) is 0 Å². The molecule has 0 aromatic carbocycles. The molecule has 1 rings (SSSR count). The first-order valence-electron chi connectivity index (χ1n) is 6.07. The predicted molar refractivity (Wildman–Crippen MR) is 64.3 cm³/mol. The molecular formula is C12H24N2O2. The molecule has 0 aromatic rings. The molecule has 94 valence electrons. The van der Waals surface area contributed by atoms with E-state index in [0.29, 0.717) is 6.04 Å². The minimum Gasteiger partial charge on any atom is -0.468 e. The van der Waals surface area contributed by atoms with E-state index < -0.39 is 0 Å². The van der Waals surface area contributed by atoms with Crippen LogP contribution in [0.4, 0.5) is 0 Å². The number of rotatable bonds is 4. The van der Waals surface area contributed by atoms with Gasteiger partial charge in [0.25, 0.3) is 0 Å². The molecule has 0 aliphatic carbocycles. The second-order valence-electron chi connectivity index (χ2n) is 4.84. The Balaban J connectivity index is 2.48. The average molecular weight is 228 g/mol. The fourth-order valence-corrected chi connectivity index (χ4v) is 2.39. The number of carbonyl (C=O) groups excluding carboxylic acids is 1. The van der Waals surface area contributed by atoms with Gasteiger partial charge in [0.05, 0.1) is 7.11 Å². The van der Waals surface area contributed by atoms with Gasteiger partial charge in [0.15, 0.2) is 0 Å². The molecule has 3 unspecified atom stereocenters. The van der Waals surface area contributed by atoms with Crippen LogP contribution >= 0.6 is 0 Å². The summed E-state index contributed by atoms with van der Waals surface area (Å²) in [6, 6.07) is 0.352. The Kier molecular flexibility index (Phi) is 5.22. The third kappa shape index (κ3) is 3.46. The molecule has 0 amide bonds. The number of likely N-dealkylation sites (N-methyl/N-ethyl adjacent to an activating group) is 1. The third-order valence-corrected chi connectivity index (χ3v) is 3.53. The quantitative estimate of drug-likeness (QED) is 0.725. The van der Waals surface area contributed by atoms with Crippen LogP contribution in [-0.2, 0) is 9.53 Å². The van der Waals surface area contributed by atoms with E-state index in [1.165, 1.54) is 20.0 Å². The summed E-state index contributed by atoms with van der Waals surface area (Å²) in [6.07, 6.45) is 2.44. The Labute approximate surface area is 98.3 Å². The number of piperidine rings is 1. The van der Waals surface area contributed by atoms with Crippen molar-refractivity contribution in [2.24, 2.45) is 5.92 Å². The van der Waals surface area contributed by atoms with Gasteiger partial charge in [-0.25, -0.2) is 0 Å². The van der Waals surface area contributed by atoms with Crippen LogP contribution < -0.4 is 5.32 Å². The maximum atomic E-state index is 11.5. The number of hydrogen-bond donors (Lipinski definition) is 1. The SMILES string of the molecule is CNC(CN1CCC(C)CC1C)C(=O)OC. The molecule has 4 nitrogen and oxygen atoms in total. The van der Waals surface area contributed by atoms with Gasteiger partial charge in [-0.3, -0.25) is 9.69 Å². The van der Waals surface area contributed by atoms with E-state index in [1.54, 1.807) is 7.05 Å². The average Bonchev–Trinajstić information content (AvgIpc) is 2.27. The van der Waals surface area contributed by atoms with Crippen LogP contribution in [0.2, 0.25) is 0 Å². The highest BCUT2D eigenvalue weighted by molar-refractivity contribution is 5.75. The lowest BCUT2D eigenvalue weighted by Crippen LogP contribution is -2.50. The van der Waals surface area contributed by atoms with Crippen molar-refractivity contribution in [3.63, 3.8) is 0 Å². The van der Waals surface area contributed by atoms with Crippen molar-refractivity contribution in [1.82, 2.24) is 10.2 Å². The largest absolute Gasteiger partial charge is 0.468 e. The highest BCUT2D eigenvalue weighted by atomic mass is 16.5. The number of carbonyl (C=O) groups is 1. The standard InChI is InChI=1S/C12H24N2O2/c1-9-5-6-14(10(2)7-9)8-11(13-3)12(15)16-4/h9-11,13H,5-8H2,1-4H3. The molecule has 1 heterocycles. The van der Waals surface area contributed by atoms with E-state index in [0.717, 1.165) is 19.0 Å². The minimum absolute atomic E-state index is 0.173. The molecule has 1 N–H and O–H groups in total. The van der Waals surface area contributed by atoms with E-state index in [2.05, 4.69) is 24.1 Å². The Morgan fingerprint density at radius 2 is 2.25 bits per heavy atom. The van der Waals surface area contributed by atoms with Crippen molar-refractivity contribution in [2.45, 2.75) is 38.8 Å². The van der Waals surface area contributed by atoms with E-state index in [-0.39, 0.29) is 12.0 Å². The summed E-state index contributed by atoms with van der Waals surface area (Å²) >= 11 is 0. The first kappa shape index (κ1) is 13.5. The molecule has 1 saturated heterocycles. The highest BCUT2D eigenvalue weighted by Gasteiger charge is 2.27. The van der Waals surface area contributed by atoms with Crippen LogP contribution in [0.5, 0.6) is 0 Å². The fourth-order valence-electron chi connectivity index (χ4n) is 2.39. The van der Waals surface area contributed by atoms with Crippen molar-refractivity contribution in [2.75, 3.05) is 27.2 Å². The topological polar surface area (TPSA) is 41.6 Å². The van der Waals surface area contributed by atoms with Crippen molar-refractivity contribution in [3.8, 4) is 0 Å². The number of nitrogens with zero attached hydrogens (tertiary/aromatic N) is 1. The van der Waals surface area contributed by atoms with Crippen LogP contribution in [0.15, 0.2) is 0 Å². The van der Waals surface area contributed by atoms with Gasteiger partial charge in [-0.05, 0) is 39.3 Å². The molecule has 0 spiro atoms. The normalized spacial score (nSPS) is 28.8. The predicted octanol–water partition coefficient (Wildman–Crippen LogP) is 0.868. The molecule has 0 bridgehead atoms. The van der Waals surface area contributed by atoms with E-state index in [4.69, 9.17) is 4.74 Å². The first-order chi connectivity index (χ1) is 7.58. The second-order valence-corrected chi connectivity index (χ2v) is 4.84. The second kappa shape index (κ2) is 6.21. The van der Waals surface area contributed by atoms with Crippen LogP contribution in [0.1, 0.15) is 26.7 Å². The zero-order valence-corrected chi connectivity index (χ0v) is 10.8. The molecule has 3 atom stereocenters. The zero-order chi connectivity index (χ0) is 12.1. The lowest BCUT2D eigenvalue weighted by atomic mass is 9.93.